The third-order valence-corrected chi connectivity index (χ3v) is 2.16. The molecule has 0 spiro atoms. The predicted molar refractivity (Wildman–Crippen MR) is 61.7 cm³/mol. The maximum atomic E-state index is 10.6. The van der Waals surface area contributed by atoms with Gasteiger partial charge in [-0.1, -0.05) is 52.0 Å². The fraction of sp³-hybridized carbons (Fsp3) is 0.750. The minimum Gasteiger partial charge on any atom is -0.463 e. The summed E-state index contributed by atoms with van der Waals surface area (Å²) in [5, 5.41) is 0. The van der Waals surface area contributed by atoms with Gasteiger partial charge >= 0.3 is 5.97 Å². The molecule has 0 radical (unpaired) electrons. The molecule has 0 aromatic rings. The zero-order chi connectivity index (χ0) is 10.6. The molecule has 15 heavy (non-hydrogen) atoms. The number of unbranched alkanes of at least 4 members (excludes halogenated alkanes) is 6. The van der Waals surface area contributed by atoms with Gasteiger partial charge in [-0.25, -0.2) is 4.79 Å². The molecule has 0 saturated heterocycles. The Morgan fingerprint density at radius 3 is 2.20 bits per heavy atom. The molecule has 0 N–H and O–H groups in total. The van der Waals surface area contributed by atoms with Gasteiger partial charge in [0, 0.05) is 6.08 Å². The molecule has 0 fully saturated rings. The second kappa shape index (κ2) is 13.1. The zero-order valence-corrected chi connectivity index (χ0v) is 9.67. The number of rotatable bonds is 9. The van der Waals surface area contributed by atoms with E-state index in [1.54, 1.807) is 0 Å². The third-order valence-electron chi connectivity index (χ3n) is 2.16. The van der Waals surface area contributed by atoms with E-state index in [1.165, 1.54) is 38.2 Å². The largest absolute Gasteiger partial charge is 0.463 e. The minimum absolute atomic E-state index is 0. The molecule has 0 unspecified atom stereocenters. The molecule has 0 aliphatic heterocycles. The third kappa shape index (κ3) is 13.1. The SMILES string of the molecule is C=CC(=O)OCCCCCCCCC.F. The van der Waals surface area contributed by atoms with Crippen molar-refractivity contribution in [3.63, 3.8) is 0 Å². The maximum Gasteiger partial charge on any atom is 0.330 e. The van der Waals surface area contributed by atoms with Gasteiger partial charge in [0.2, 0.25) is 0 Å². The van der Waals surface area contributed by atoms with Crippen LogP contribution in [-0.4, -0.2) is 12.6 Å². The number of carbonyl (C=O) groups is 1. The molecule has 3 heteroatoms. The number of esters is 1. The molecular formula is C12H23FO2. The maximum absolute atomic E-state index is 10.6. The lowest BCUT2D eigenvalue weighted by molar-refractivity contribution is -0.137. The van der Waals surface area contributed by atoms with Crippen LogP contribution in [0.5, 0.6) is 0 Å². The molecule has 0 amide bonds. The number of halogens is 1. The summed E-state index contributed by atoms with van der Waals surface area (Å²) in [5.41, 5.74) is 0. The summed E-state index contributed by atoms with van der Waals surface area (Å²) in [5.74, 6) is -0.309. The Balaban J connectivity index is 0. The van der Waals surface area contributed by atoms with E-state index in [9.17, 15) is 4.79 Å². The first-order valence-electron chi connectivity index (χ1n) is 5.60. The molecule has 0 aliphatic carbocycles. The lowest BCUT2D eigenvalue weighted by atomic mass is 10.1. The normalized spacial score (nSPS) is 9.13. The lowest BCUT2D eigenvalue weighted by Crippen LogP contribution is -2.01. The van der Waals surface area contributed by atoms with Crippen LogP contribution >= 0.6 is 0 Å². The number of carbonyl (C=O) groups excluding carboxylic acids is 1. The summed E-state index contributed by atoms with van der Waals surface area (Å²) in [7, 11) is 0. The summed E-state index contributed by atoms with van der Waals surface area (Å²) >= 11 is 0. The Labute approximate surface area is 92.1 Å². The summed E-state index contributed by atoms with van der Waals surface area (Å²) in [6, 6.07) is 0. The Hall–Kier alpha value is -0.860. The molecule has 0 aromatic carbocycles. The van der Waals surface area contributed by atoms with Gasteiger partial charge < -0.3 is 4.74 Å². The van der Waals surface area contributed by atoms with E-state index in [1.807, 2.05) is 0 Å². The molecule has 2 nitrogen and oxygen atoms in total. The van der Waals surface area contributed by atoms with Crippen molar-refractivity contribution in [2.24, 2.45) is 0 Å². The van der Waals surface area contributed by atoms with Crippen LogP contribution in [0, 0.1) is 0 Å². The summed E-state index contributed by atoms with van der Waals surface area (Å²) in [6.07, 6.45) is 9.88. The first kappa shape index (κ1) is 16.6. The van der Waals surface area contributed by atoms with Crippen molar-refractivity contribution in [3.05, 3.63) is 12.7 Å². The van der Waals surface area contributed by atoms with Crippen molar-refractivity contribution in [1.82, 2.24) is 0 Å². The first-order chi connectivity index (χ1) is 6.81. The van der Waals surface area contributed by atoms with Crippen LogP contribution in [0.4, 0.5) is 4.70 Å². The van der Waals surface area contributed by atoms with Gasteiger partial charge in [0.15, 0.2) is 0 Å². The molecule has 90 valence electrons. The highest BCUT2D eigenvalue weighted by molar-refractivity contribution is 5.81. The predicted octanol–water partition coefficient (Wildman–Crippen LogP) is 3.62. The minimum atomic E-state index is -0.309. The van der Waals surface area contributed by atoms with Gasteiger partial charge in [-0.2, -0.15) is 0 Å². The molecule has 0 bridgehead atoms. The summed E-state index contributed by atoms with van der Waals surface area (Å²) in [4.78, 5) is 10.6. The summed E-state index contributed by atoms with van der Waals surface area (Å²) in [6.45, 7) is 6.09. The molecule has 0 heterocycles. The monoisotopic (exact) mass is 218 g/mol. The van der Waals surface area contributed by atoms with Gasteiger partial charge in [-0.3, -0.25) is 4.70 Å². The van der Waals surface area contributed by atoms with Crippen LogP contribution in [0.1, 0.15) is 51.9 Å². The van der Waals surface area contributed by atoms with E-state index >= 15 is 0 Å². The molecule has 0 rings (SSSR count). The van der Waals surface area contributed by atoms with Crippen LogP contribution in [0.15, 0.2) is 12.7 Å². The Kier molecular flexibility index (Phi) is 14.5. The van der Waals surface area contributed by atoms with Gasteiger partial charge in [0.05, 0.1) is 6.61 Å². The number of hydrogen-bond acceptors (Lipinski definition) is 2. The highest BCUT2D eigenvalue weighted by atomic mass is 19.0. The van der Waals surface area contributed by atoms with E-state index in [2.05, 4.69) is 13.5 Å². The fourth-order valence-electron chi connectivity index (χ4n) is 1.29. The highest BCUT2D eigenvalue weighted by Crippen LogP contribution is 2.06. The van der Waals surface area contributed by atoms with Crippen LogP contribution in [0.25, 0.3) is 0 Å². The second-order valence-electron chi connectivity index (χ2n) is 3.49. The van der Waals surface area contributed by atoms with E-state index in [0.717, 1.165) is 12.8 Å². The highest BCUT2D eigenvalue weighted by Gasteiger charge is 1.94. The average Bonchev–Trinajstić information content (AvgIpc) is 2.21. The van der Waals surface area contributed by atoms with Crippen molar-refractivity contribution >= 4 is 5.97 Å². The van der Waals surface area contributed by atoms with Crippen LogP contribution < -0.4 is 0 Å². The quantitative estimate of drug-likeness (QED) is 0.335. The van der Waals surface area contributed by atoms with Gasteiger partial charge in [-0.15, -0.1) is 0 Å². The molecule has 0 aromatic heterocycles. The number of ether oxygens (including phenoxy) is 1. The zero-order valence-electron chi connectivity index (χ0n) is 9.67. The molecular weight excluding hydrogens is 195 g/mol. The van der Waals surface area contributed by atoms with Crippen LogP contribution in [0.3, 0.4) is 0 Å². The van der Waals surface area contributed by atoms with Crippen molar-refractivity contribution in [2.75, 3.05) is 6.61 Å². The van der Waals surface area contributed by atoms with E-state index < -0.39 is 0 Å². The van der Waals surface area contributed by atoms with E-state index in [0.29, 0.717) is 6.61 Å². The standard InChI is InChI=1S/C12H22O2.FH/c1-3-5-6-7-8-9-10-11-14-12(13)4-2;/h4H,2-3,5-11H2,1H3;1H. The van der Waals surface area contributed by atoms with Gasteiger partial charge in [0.1, 0.15) is 0 Å². The number of hydrogen-bond donors (Lipinski definition) is 0. The van der Waals surface area contributed by atoms with Crippen molar-refractivity contribution in [2.45, 2.75) is 51.9 Å². The lowest BCUT2D eigenvalue weighted by Gasteiger charge is -2.01. The van der Waals surface area contributed by atoms with Crippen molar-refractivity contribution in [1.29, 1.82) is 0 Å². The molecule has 0 aliphatic rings. The first-order valence-corrected chi connectivity index (χ1v) is 5.60. The van der Waals surface area contributed by atoms with Crippen LogP contribution in [-0.2, 0) is 9.53 Å². The van der Waals surface area contributed by atoms with Gasteiger partial charge in [-0.05, 0) is 6.42 Å². The molecule has 0 atom stereocenters. The molecule has 0 saturated carbocycles. The average molecular weight is 218 g/mol. The second-order valence-corrected chi connectivity index (χ2v) is 3.49. The van der Waals surface area contributed by atoms with Gasteiger partial charge in [0.25, 0.3) is 0 Å². The van der Waals surface area contributed by atoms with Crippen molar-refractivity contribution in [3.8, 4) is 0 Å². The van der Waals surface area contributed by atoms with E-state index in [4.69, 9.17) is 4.74 Å². The topological polar surface area (TPSA) is 26.3 Å². The van der Waals surface area contributed by atoms with Crippen molar-refractivity contribution < 1.29 is 14.2 Å². The Morgan fingerprint density at radius 2 is 1.67 bits per heavy atom. The fourth-order valence-corrected chi connectivity index (χ4v) is 1.29. The Morgan fingerprint density at radius 1 is 1.13 bits per heavy atom. The summed E-state index contributed by atoms with van der Waals surface area (Å²) < 4.78 is 4.86. The smallest absolute Gasteiger partial charge is 0.330 e. The van der Waals surface area contributed by atoms with E-state index in [-0.39, 0.29) is 10.7 Å². The Bertz CT molecular complexity index is 158. The van der Waals surface area contributed by atoms with Crippen LogP contribution in [0.2, 0.25) is 0 Å².